The Kier molecular flexibility index (Phi) is 12.7. The number of phenolic OH excluding ortho intramolecular Hbond substituents is 1. The summed E-state index contributed by atoms with van der Waals surface area (Å²) in [6, 6.07) is 11.4. The molecule has 15 nitrogen and oxygen atoms in total. The van der Waals surface area contributed by atoms with Crippen LogP contribution < -0.4 is 25.8 Å². The van der Waals surface area contributed by atoms with Gasteiger partial charge in [-0.1, -0.05) is 18.1 Å². The Morgan fingerprint density at radius 2 is 1.64 bits per heavy atom. The lowest BCUT2D eigenvalue weighted by Crippen LogP contribution is -2.51. The average molecular weight is 1010 g/mol. The van der Waals surface area contributed by atoms with Crippen molar-refractivity contribution in [2.75, 3.05) is 93.7 Å². The van der Waals surface area contributed by atoms with Crippen LogP contribution in [0.1, 0.15) is 92.1 Å². The van der Waals surface area contributed by atoms with Crippen molar-refractivity contribution in [1.82, 2.24) is 40.3 Å². The van der Waals surface area contributed by atoms with Gasteiger partial charge in [-0.3, -0.25) is 24.8 Å². The molecule has 386 valence electrons. The Hall–Kier alpha value is -6.48. The first kappa shape index (κ1) is 48.5. The number of phenols is 1. The van der Waals surface area contributed by atoms with E-state index in [0.717, 1.165) is 110 Å². The molecule has 2 unspecified atom stereocenters. The number of urea groups is 1. The molecular formula is C57H65F2N11O4. The minimum atomic E-state index is -0.685. The molecule has 17 heteroatoms. The Morgan fingerprint density at radius 1 is 0.892 bits per heavy atom. The molecule has 5 aliphatic heterocycles. The van der Waals surface area contributed by atoms with E-state index in [-0.39, 0.29) is 51.7 Å². The van der Waals surface area contributed by atoms with Gasteiger partial charge in [-0.15, -0.1) is 6.42 Å². The number of pyridine rings is 1. The van der Waals surface area contributed by atoms with Crippen LogP contribution in [0, 0.1) is 47.6 Å². The van der Waals surface area contributed by atoms with Crippen LogP contribution in [0.2, 0.25) is 0 Å². The number of piperidine rings is 1. The molecule has 12 rings (SSSR count). The third-order valence-corrected chi connectivity index (χ3v) is 17.8. The number of aryl methyl sites for hydroxylation is 1. The van der Waals surface area contributed by atoms with E-state index in [1.54, 1.807) is 11.1 Å². The molecule has 74 heavy (non-hydrogen) atoms. The first-order chi connectivity index (χ1) is 35.8. The standard InChI is InChI=1S/C57H65F2N11O4/c1-3-42-45(58)9-6-37-26-41(71)28-43(48(37)42)50-49(59)51-44(29-60-50)52(69-31-39-7-8-40(32-69)62-39)65-54(64-51)61-33-57(15-16-57)34-67-24-22-66(23-25-67)30-36-10-13-56(14-11-36)17-20-68(21-18-56)53(73)38-5-4-35(2)46(27-38)70-19-12-47(72)63-55(70)74/h1,4-6,9,26-29,36,39-40,62,71H,7-8,10-25,30-34H2,2H3,(H,61,64,65)(H,63,72,74). The highest BCUT2D eigenvalue weighted by Crippen LogP contribution is 2.48. The van der Waals surface area contributed by atoms with E-state index in [1.807, 2.05) is 30.0 Å². The minimum Gasteiger partial charge on any atom is -0.508 e. The summed E-state index contributed by atoms with van der Waals surface area (Å²) in [5.74, 6) is 2.42. The molecule has 2 atom stereocenters. The second kappa shape index (κ2) is 19.3. The molecule has 5 aromatic rings. The van der Waals surface area contributed by atoms with Gasteiger partial charge in [0.2, 0.25) is 11.9 Å². The highest BCUT2D eigenvalue weighted by Gasteiger charge is 2.45. The number of fused-ring (bicyclic) bond motifs is 4. The van der Waals surface area contributed by atoms with E-state index in [4.69, 9.17) is 16.4 Å². The van der Waals surface area contributed by atoms with E-state index < -0.39 is 17.7 Å². The fourth-order valence-electron chi connectivity index (χ4n) is 13.2. The summed E-state index contributed by atoms with van der Waals surface area (Å²) in [7, 11) is 0. The van der Waals surface area contributed by atoms with E-state index in [2.05, 4.69) is 41.6 Å². The van der Waals surface area contributed by atoms with Gasteiger partial charge in [-0.25, -0.2) is 18.6 Å². The SMILES string of the molecule is C#Cc1c(F)ccc2cc(O)cc(-c3ncc4c(N5CC6CCC(C5)N6)nc(NCC5(CN6CCN(CC7CCC8(CC7)CCN(C(=O)c7ccc(C)c(N9CCC(=O)NC9=O)c7)CC8)CC6)CC5)nc4c3F)c12. The van der Waals surface area contributed by atoms with Crippen LogP contribution >= 0.6 is 0 Å². The summed E-state index contributed by atoms with van der Waals surface area (Å²) in [4.78, 5) is 63.6. The Balaban J connectivity index is 0.657. The maximum absolute atomic E-state index is 17.2. The number of rotatable bonds is 11. The fourth-order valence-corrected chi connectivity index (χ4v) is 13.2. The number of carbonyl (C=O) groups is 3. The Bertz CT molecular complexity index is 3080. The molecule has 4 amide bonds. The predicted octanol–water partition coefficient (Wildman–Crippen LogP) is 7.43. The molecule has 1 spiro atoms. The van der Waals surface area contributed by atoms with Crippen molar-refractivity contribution < 1.29 is 28.3 Å². The third-order valence-electron chi connectivity index (χ3n) is 17.8. The zero-order valence-electron chi connectivity index (χ0n) is 42.2. The molecule has 7 fully saturated rings. The summed E-state index contributed by atoms with van der Waals surface area (Å²) in [5.41, 5.74) is 2.71. The first-order valence-corrected chi connectivity index (χ1v) is 26.8. The zero-order chi connectivity index (χ0) is 50.9. The van der Waals surface area contributed by atoms with Gasteiger partial charge in [0.25, 0.3) is 5.91 Å². The Labute approximate surface area is 430 Å². The van der Waals surface area contributed by atoms with Crippen molar-refractivity contribution in [2.45, 2.75) is 89.6 Å². The summed E-state index contributed by atoms with van der Waals surface area (Å²) in [6.45, 7) is 12.1. The van der Waals surface area contributed by atoms with E-state index in [0.29, 0.717) is 75.7 Å². The molecule has 4 N–H and O–H groups in total. The molecule has 3 aromatic carbocycles. The molecule has 2 bridgehead atoms. The van der Waals surface area contributed by atoms with Gasteiger partial charge >= 0.3 is 6.03 Å². The smallest absolute Gasteiger partial charge is 0.328 e. The number of anilines is 3. The normalized spacial score (nSPS) is 23.1. The number of benzene rings is 3. The molecule has 2 saturated carbocycles. The number of hydrogen-bond acceptors (Lipinski definition) is 12. The number of aromatic hydroxyl groups is 1. The van der Waals surface area contributed by atoms with Gasteiger partial charge in [0.15, 0.2) is 5.82 Å². The number of nitrogens with one attached hydrogen (secondary N) is 3. The Morgan fingerprint density at radius 3 is 2.35 bits per heavy atom. The lowest BCUT2D eigenvalue weighted by Gasteiger charge is -2.47. The minimum absolute atomic E-state index is 0.00333. The number of likely N-dealkylation sites (tertiary alicyclic amines) is 1. The third kappa shape index (κ3) is 9.38. The van der Waals surface area contributed by atoms with Gasteiger partial charge in [-0.2, -0.15) is 4.98 Å². The number of halogens is 2. The van der Waals surface area contributed by atoms with Gasteiger partial charge in [-0.05, 0) is 124 Å². The van der Waals surface area contributed by atoms with Gasteiger partial charge in [0.1, 0.15) is 28.6 Å². The lowest BCUT2D eigenvalue weighted by atomic mass is 9.65. The van der Waals surface area contributed by atoms with Crippen molar-refractivity contribution in [3.63, 3.8) is 0 Å². The second-order valence-electron chi connectivity index (χ2n) is 22.7. The number of carbonyl (C=O) groups excluding carboxylic acids is 3. The van der Waals surface area contributed by atoms with Crippen LogP contribution in [-0.4, -0.2) is 143 Å². The highest BCUT2D eigenvalue weighted by molar-refractivity contribution is 6.07. The second-order valence-corrected chi connectivity index (χ2v) is 22.7. The molecule has 2 aromatic heterocycles. The number of amides is 4. The molecule has 7 heterocycles. The van der Waals surface area contributed by atoms with Crippen LogP contribution in [0.15, 0.2) is 48.7 Å². The summed E-state index contributed by atoms with van der Waals surface area (Å²) < 4.78 is 32.3. The molecule has 0 radical (unpaired) electrons. The van der Waals surface area contributed by atoms with Crippen molar-refractivity contribution in [3.8, 4) is 29.4 Å². The largest absolute Gasteiger partial charge is 0.508 e. The average Bonchev–Trinajstić information content (AvgIpc) is 4.09. The van der Waals surface area contributed by atoms with E-state index in [1.165, 1.54) is 49.9 Å². The van der Waals surface area contributed by atoms with E-state index in [9.17, 15) is 19.5 Å². The van der Waals surface area contributed by atoms with Crippen LogP contribution in [0.5, 0.6) is 5.75 Å². The van der Waals surface area contributed by atoms with Gasteiger partial charge in [0, 0.05) is 131 Å². The van der Waals surface area contributed by atoms with Crippen LogP contribution in [0.25, 0.3) is 32.9 Å². The summed E-state index contributed by atoms with van der Waals surface area (Å²) >= 11 is 0. The number of hydrogen-bond donors (Lipinski definition) is 4. The first-order valence-electron chi connectivity index (χ1n) is 26.8. The quantitative estimate of drug-likeness (QED) is 0.0971. The highest BCUT2D eigenvalue weighted by atomic mass is 19.1. The zero-order valence-corrected chi connectivity index (χ0v) is 42.2. The predicted molar refractivity (Wildman–Crippen MR) is 281 cm³/mol. The topological polar surface area (TPSA) is 162 Å². The summed E-state index contributed by atoms with van der Waals surface area (Å²) in [5, 5.41) is 21.6. The van der Waals surface area contributed by atoms with Crippen LogP contribution in [-0.2, 0) is 4.79 Å². The van der Waals surface area contributed by atoms with Crippen LogP contribution in [0.3, 0.4) is 0 Å². The lowest BCUT2D eigenvalue weighted by molar-refractivity contribution is -0.120. The number of imide groups is 1. The van der Waals surface area contributed by atoms with Gasteiger partial charge in [0.05, 0.1) is 10.9 Å². The van der Waals surface area contributed by atoms with Crippen molar-refractivity contribution in [2.24, 2.45) is 16.7 Å². The van der Waals surface area contributed by atoms with Crippen molar-refractivity contribution >= 4 is 57.0 Å². The number of piperazine rings is 2. The number of nitrogens with zero attached hydrogens (tertiary/aromatic N) is 8. The number of terminal acetylenes is 1. The summed E-state index contributed by atoms with van der Waals surface area (Å²) in [6.07, 6.45) is 18.8. The number of aromatic nitrogens is 3. The van der Waals surface area contributed by atoms with E-state index >= 15 is 8.78 Å². The monoisotopic (exact) mass is 1010 g/mol. The molecule has 5 saturated heterocycles. The van der Waals surface area contributed by atoms with Crippen molar-refractivity contribution in [3.05, 3.63) is 77.0 Å². The maximum Gasteiger partial charge on any atom is 0.328 e. The molecule has 2 aliphatic carbocycles. The van der Waals surface area contributed by atoms with Crippen molar-refractivity contribution in [1.29, 1.82) is 0 Å². The fraction of sp³-hybridized carbons (Fsp3) is 0.509. The molecular weight excluding hydrogens is 941 g/mol. The van der Waals surface area contributed by atoms with Gasteiger partial charge < -0.3 is 35.3 Å². The maximum atomic E-state index is 17.2. The van der Waals surface area contributed by atoms with Crippen LogP contribution in [0.4, 0.5) is 31.0 Å². The molecule has 7 aliphatic rings.